The molecular weight excluding hydrogens is 427 g/mol. The van der Waals surface area contributed by atoms with E-state index in [9.17, 15) is 0 Å². The third kappa shape index (κ3) is 1.38. The molecule has 0 fully saturated rings. The first-order chi connectivity index (χ1) is 12.7. The summed E-state index contributed by atoms with van der Waals surface area (Å²) < 4.78 is 1.34. The van der Waals surface area contributed by atoms with Crippen molar-refractivity contribution in [2.24, 2.45) is 0 Å². The molecule has 7 rings (SSSR count). The van der Waals surface area contributed by atoms with Gasteiger partial charge in [0.25, 0.3) is 0 Å². The van der Waals surface area contributed by atoms with Gasteiger partial charge in [0.05, 0.1) is 0 Å². The zero-order valence-electron chi connectivity index (χ0n) is 14.2. The van der Waals surface area contributed by atoms with Crippen LogP contribution in [0.15, 0.2) is 60.7 Å². The van der Waals surface area contributed by atoms with Crippen molar-refractivity contribution in [3.05, 3.63) is 69.8 Å². The summed E-state index contributed by atoms with van der Waals surface area (Å²) in [6.45, 7) is 2.25. The summed E-state index contributed by atoms with van der Waals surface area (Å²) in [6, 6.07) is 23.1. The first-order valence-corrected chi connectivity index (χ1v) is 10.1. The molecule has 7 aromatic rings. The third-order valence-corrected chi connectivity index (χ3v) is 7.17. The SMILES string of the molecule is Cc1cc2ccc3ccc4cc(I)c5ccc6ccc1c1c2c3c4c5c61. The molecular formula is C25H13I. The van der Waals surface area contributed by atoms with E-state index in [0.29, 0.717) is 0 Å². The topological polar surface area (TPSA) is 0 Å². The molecule has 0 nitrogen and oxygen atoms in total. The molecule has 0 aliphatic rings. The normalized spacial score (nSPS) is 13.0. The van der Waals surface area contributed by atoms with E-state index in [4.69, 9.17) is 0 Å². The highest BCUT2D eigenvalue weighted by Crippen LogP contribution is 2.49. The van der Waals surface area contributed by atoms with E-state index >= 15 is 0 Å². The van der Waals surface area contributed by atoms with Gasteiger partial charge in [-0.15, -0.1) is 0 Å². The molecule has 0 aliphatic heterocycles. The van der Waals surface area contributed by atoms with E-state index in [0.717, 1.165) is 0 Å². The fraction of sp³-hybridized carbons (Fsp3) is 0.0400. The largest absolute Gasteiger partial charge is 0.0537 e. The molecule has 0 unspecified atom stereocenters. The third-order valence-electron chi connectivity index (χ3n) is 6.27. The molecule has 0 saturated heterocycles. The zero-order chi connectivity index (χ0) is 17.2. The molecule has 0 atom stereocenters. The molecule has 0 radical (unpaired) electrons. The minimum Gasteiger partial charge on any atom is -0.0537 e. The maximum absolute atomic E-state index is 2.50. The smallest absolute Gasteiger partial charge is 0.0215 e. The van der Waals surface area contributed by atoms with Crippen LogP contribution in [-0.4, -0.2) is 0 Å². The Balaban J connectivity index is 2.09. The molecule has 0 N–H and O–H groups in total. The van der Waals surface area contributed by atoms with Gasteiger partial charge in [0.2, 0.25) is 0 Å². The molecule has 1 heteroatoms. The summed E-state index contributed by atoms with van der Waals surface area (Å²) in [5, 5.41) is 16.9. The minimum atomic E-state index is 1.34. The molecule has 0 saturated carbocycles. The lowest BCUT2D eigenvalue weighted by molar-refractivity contribution is 1.57. The predicted octanol–water partition coefficient (Wildman–Crippen LogP) is 7.83. The van der Waals surface area contributed by atoms with E-state index < -0.39 is 0 Å². The second-order valence-electron chi connectivity index (χ2n) is 7.55. The molecule has 0 spiro atoms. The summed E-state index contributed by atoms with van der Waals surface area (Å²) in [5.41, 5.74) is 1.37. The predicted molar refractivity (Wildman–Crippen MR) is 122 cm³/mol. The number of hydrogen-bond acceptors (Lipinski definition) is 0. The second-order valence-corrected chi connectivity index (χ2v) is 8.71. The Morgan fingerprint density at radius 2 is 0.962 bits per heavy atom. The van der Waals surface area contributed by atoms with Gasteiger partial charge in [0.1, 0.15) is 0 Å². The summed E-state index contributed by atoms with van der Waals surface area (Å²) in [4.78, 5) is 0. The van der Waals surface area contributed by atoms with Crippen molar-refractivity contribution in [1.29, 1.82) is 0 Å². The van der Waals surface area contributed by atoms with Gasteiger partial charge in [0.15, 0.2) is 0 Å². The van der Waals surface area contributed by atoms with Crippen LogP contribution in [0.25, 0.3) is 64.6 Å². The average Bonchev–Trinajstić information content (AvgIpc) is 2.66. The summed E-state index contributed by atoms with van der Waals surface area (Å²) in [6.07, 6.45) is 0. The molecule has 0 amide bonds. The van der Waals surface area contributed by atoms with Crippen molar-refractivity contribution in [3.63, 3.8) is 0 Å². The van der Waals surface area contributed by atoms with E-state index in [1.54, 1.807) is 0 Å². The van der Waals surface area contributed by atoms with E-state index in [1.807, 2.05) is 0 Å². The Kier molecular flexibility index (Phi) is 2.27. The van der Waals surface area contributed by atoms with Crippen LogP contribution in [0.2, 0.25) is 0 Å². The first kappa shape index (κ1) is 13.8. The Labute approximate surface area is 163 Å². The van der Waals surface area contributed by atoms with Gasteiger partial charge in [-0.05, 0) is 106 Å². The van der Waals surface area contributed by atoms with Crippen LogP contribution in [0.4, 0.5) is 0 Å². The van der Waals surface area contributed by atoms with E-state index in [1.165, 1.54) is 73.8 Å². The maximum atomic E-state index is 2.50. The van der Waals surface area contributed by atoms with Crippen LogP contribution >= 0.6 is 22.6 Å². The highest BCUT2D eigenvalue weighted by atomic mass is 127. The average molecular weight is 440 g/mol. The van der Waals surface area contributed by atoms with Gasteiger partial charge in [-0.1, -0.05) is 54.6 Å². The maximum Gasteiger partial charge on any atom is 0.0215 e. The van der Waals surface area contributed by atoms with Gasteiger partial charge >= 0.3 is 0 Å². The van der Waals surface area contributed by atoms with Crippen LogP contribution in [0.3, 0.4) is 0 Å². The molecule has 0 heterocycles. The molecule has 26 heavy (non-hydrogen) atoms. The van der Waals surface area contributed by atoms with Gasteiger partial charge in [0, 0.05) is 3.57 Å². The molecule has 0 aliphatic carbocycles. The molecule has 0 aromatic heterocycles. The summed E-state index contributed by atoms with van der Waals surface area (Å²) in [5.74, 6) is 0. The van der Waals surface area contributed by atoms with Gasteiger partial charge < -0.3 is 0 Å². The van der Waals surface area contributed by atoms with E-state index in [2.05, 4.69) is 90.2 Å². The van der Waals surface area contributed by atoms with Crippen molar-refractivity contribution < 1.29 is 0 Å². The van der Waals surface area contributed by atoms with E-state index in [-0.39, 0.29) is 0 Å². The van der Waals surface area contributed by atoms with Crippen molar-refractivity contribution in [1.82, 2.24) is 0 Å². The quantitative estimate of drug-likeness (QED) is 0.128. The van der Waals surface area contributed by atoms with Crippen LogP contribution in [0.5, 0.6) is 0 Å². The van der Waals surface area contributed by atoms with Gasteiger partial charge in [-0.3, -0.25) is 0 Å². The highest BCUT2D eigenvalue weighted by Gasteiger charge is 2.21. The van der Waals surface area contributed by atoms with Crippen LogP contribution in [0, 0.1) is 10.5 Å². The molecule has 120 valence electrons. The lowest BCUT2D eigenvalue weighted by Gasteiger charge is -2.21. The lowest BCUT2D eigenvalue weighted by atomic mass is 9.82. The van der Waals surface area contributed by atoms with Crippen molar-refractivity contribution in [2.45, 2.75) is 6.92 Å². The monoisotopic (exact) mass is 440 g/mol. The molecule has 7 aromatic carbocycles. The van der Waals surface area contributed by atoms with Crippen LogP contribution in [-0.2, 0) is 0 Å². The fourth-order valence-electron chi connectivity index (χ4n) is 5.22. The summed E-state index contributed by atoms with van der Waals surface area (Å²) >= 11 is 2.50. The highest BCUT2D eigenvalue weighted by molar-refractivity contribution is 14.1. The van der Waals surface area contributed by atoms with Crippen LogP contribution in [0.1, 0.15) is 5.56 Å². The zero-order valence-corrected chi connectivity index (χ0v) is 16.3. The number of hydrogen-bond donors (Lipinski definition) is 0. The number of aryl methyl sites for hydroxylation is 1. The Morgan fingerprint density at radius 3 is 1.69 bits per heavy atom. The fourth-order valence-corrected chi connectivity index (χ4v) is 6.00. The number of halogens is 1. The Bertz CT molecular complexity index is 1520. The lowest BCUT2D eigenvalue weighted by Crippen LogP contribution is -1.94. The standard InChI is InChI=1S/C25H13I/c1-12-10-15-4-2-13-3-5-16-11-19(26)18-9-7-14-6-8-17(12)24-21(14)25(18)23(16)20(13)22(15)24/h2-11H,1H3. The first-order valence-electron chi connectivity index (χ1n) is 8.99. The summed E-state index contributed by atoms with van der Waals surface area (Å²) in [7, 11) is 0. The van der Waals surface area contributed by atoms with Gasteiger partial charge in [-0.2, -0.15) is 0 Å². The van der Waals surface area contributed by atoms with Crippen LogP contribution < -0.4 is 0 Å². The van der Waals surface area contributed by atoms with Crippen molar-refractivity contribution in [2.75, 3.05) is 0 Å². The van der Waals surface area contributed by atoms with Crippen molar-refractivity contribution >= 4 is 87.2 Å². The number of benzene rings is 7. The second kappa shape index (κ2) is 4.29. The Morgan fingerprint density at radius 1 is 0.500 bits per heavy atom. The van der Waals surface area contributed by atoms with Crippen molar-refractivity contribution in [3.8, 4) is 0 Å². The Hall–Kier alpha value is -2.39. The molecule has 0 bridgehead atoms. The van der Waals surface area contributed by atoms with Gasteiger partial charge in [-0.25, -0.2) is 0 Å². The minimum absolute atomic E-state index is 1.34. The number of rotatable bonds is 0.